The number of benzene rings is 1. The standard InChI is InChI=1S/C14H19FO4/c1-18-12-8-10(11(15)9-13(12)19-2)6-4-3-5-7-14(16)17/h8-9H,3-7H2,1-2H3,(H,16,17). The molecule has 0 amide bonds. The Labute approximate surface area is 112 Å². The normalized spacial score (nSPS) is 10.3. The van der Waals surface area contributed by atoms with Gasteiger partial charge in [0.25, 0.3) is 0 Å². The van der Waals surface area contributed by atoms with Gasteiger partial charge >= 0.3 is 5.97 Å². The summed E-state index contributed by atoms with van der Waals surface area (Å²) >= 11 is 0. The molecule has 0 radical (unpaired) electrons. The highest BCUT2D eigenvalue weighted by atomic mass is 19.1. The minimum Gasteiger partial charge on any atom is -0.493 e. The summed E-state index contributed by atoms with van der Waals surface area (Å²) in [4.78, 5) is 10.4. The summed E-state index contributed by atoms with van der Waals surface area (Å²) in [6, 6.07) is 2.94. The monoisotopic (exact) mass is 270 g/mol. The van der Waals surface area contributed by atoms with Crippen molar-refractivity contribution in [3.8, 4) is 11.5 Å². The zero-order valence-corrected chi connectivity index (χ0v) is 11.2. The highest BCUT2D eigenvalue weighted by Crippen LogP contribution is 2.30. The van der Waals surface area contributed by atoms with Crippen molar-refractivity contribution in [1.82, 2.24) is 0 Å². The van der Waals surface area contributed by atoms with E-state index in [9.17, 15) is 9.18 Å². The van der Waals surface area contributed by atoms with Crippen molar-refractivity contribution in [3.05, 3.63) is 23.5 Å². The van der Waals surface area contributed by atoms with Crippen molar-refractivity contribution >= 4 is 5.97 Å². The van der Waals surface area contributed by atoms with Crippen molar-refractivity contribution in [3.63, 3.8) is 0 Å². The highest BCUT2D eigenvalue weighted by molar-refractivity contribution is 5.66. The van der Waals surface area contributed by atoms with Crippen LogP contribution >= 0.6 is 0 Å². The fourth-order valence-electron chi connectivity index (χ4n) is 1.86. The number of rotatable bonds is 8. The van der Waals surface area contributed by atoms with E-state index < -0.39 is 5.97 Å². The number of hydrogen-bond donors (Lipinski definition) is 1. The highest BCUT2D eigenvalue weighted by Gasteiger charge is 2.10. The molecule has 106 valence electrons. The Bertz CT molecular complexity index is 432. The minimum absolute atomic E-state index is 0.161. The van der Waals surface area contributed by atoms with Gasteiger partial charge in [-0.2, -0.15) is 0 Å². The number of methoxy groups -OCH3 is 2. The average Bonchev–Trinajstić information content (AvgIpc) is 2.39. The first kappa shape index (κ1) is 15.3. The number of halogens is 1. The summed E-state index contributed by atoms with van der Waals surface area (Å²) in [5.41, 5.74) is 0.563. The molecule has 5 heteroatoms. The Hall–Kier alpha value is -1.78. The van der Waals surface area contributed by atoms with Crippen LogP contribution in [-0.4, -0.2) is 25.3 Å². The van der Waals surface area contributed by atoms with E-state index in [2.05, 4.69) is 0 Å². The molecule has 0 aliphatic heterocycles. The molecule has 0 aromatic heterocycles. The van der Waals surface area contributed by atoms with Gasteiger partial charge in [-0.1, -0.05) is 6.42 Å². The number of carboxylic acids is 1. The molecular formula is C14H19FO4. The van der Waals surface area contributed by atoms with E-state index in [4.69, 9.17) is 14.6 Å². The zero-order chi connectivity index (χ0) is 14.3. The average molecular weight is 270 g/mol. The summed E-state index contributed by atoms with van der Waals surface area (Å²) in [7, 11) is 2.97. The summed E-state index contributed by atoms with van der Waals surface area (Å²) in [6.07, 6.45) is 2.85. The fourth-order valence-corrected chi connectivity index (χ4v) is 1.86. The van der Waals surface area contributed by atoms with Gasteiger partial charge in [-0.05, 0) is 30.9 Å². The van der Waals surface area contributed by atoms with E-state index in [0.717, 1.165) is 12.8 Å². The molecule has 0 saturated carbocycles. The quantitative estimate of drug-likeness (QED) is 0.738. The van der Waals surface area contributed by atoms with Gasteiger partial charge in [-0.15, -0.1) is 0 Å². The maximum Gasteiger partial charge on any atom is 0.303 e. The molecule has 1 rings (SSSR count). The summed E-state index contributed by atoms with van der Waals surface area (Å²) in [6.45, 7) is 0. The van der Waals surface area contributed by atoms with E-state index in [1.54, 1.807) is 6.07 Å². The van der Waals surface area contributed by atoms with Crippen molar-refractivity contribution in [2.75, 3.05) is 14.2 Å². The second-order valence-corrected chi connectivity index (χ2v) is 4.25. The Balaban J connectivity index is 2.56. The minimum atomic E-state index is -0.794. The molecule has 1 aromatic carbocycles. The van der Waals surface area contributed by atoms with Gasteiger partial charge in [0.05, 0.1) is 14.2 Å². The van der Waals surface area contributed by atoms with Crippen molar-refractivity contribution in [2.24, 2.45) is 0 Å². The molecule has 0 fully saturated rings. The second kappa shape index (κ2) is 7.61. The van der Waals surface area contributed by atoms with Crippen LogP contribution in [0.25, 0.3) is 0 Å². The van der Waals surface area contributed by atoms with E-state index in [1.165, 1.54) is 20.3 Å². The molecule has 0 aliphatic rings. The molecular weight excluding hydrogens is 251 g/mol. The number of carboxylic acid groups (broad SMARTS) is 1. The predicted molar refractivity (Wildman–Crippen MR) is 69.3 cm³/mol. The van der Waals surface area contributed by atoms with Gasteiger partial charge in [0.2, 0.25) is 0 Å². The van der Waals surface area contributed by atoms with Gasteiger partial charge in [0, 0.05) is 12.5 Å². The number of carbonyl (C=O) groups is 1. The van der Waals surface area contributed by atoms with Gasteiger partial charge in [0.1, 0.15) is 5.82 Å². The second-order valence-electron chi connectivity index (χ2n) is 4.25. The van der Waals surface area contributed by atoms with Crippen LogP contribution in [0, 0.1) is 5.82 Å². The largest absolute Gasteiger partial charge is 0.493 e. The zero-order valence-electron chi connectivity index (χ0n) is 11.2. The first-order valence-corrected chi connectivity index (χ1v) is 6.20. The SMILES string of the molecule is COc1cc(F)c(CCCCCC(=O)O)cc1OC. The number of hydrogen-bond acceptors (Lipinski definition) is 3. The molecule has 1 aromatic rings. The van der Waals surface area contributed by atoms with Crippen LogP contribution in [0.5, 0.6) is 11.5 Å². The Morgan fingerprint density at radius 3 is 2.37 bits per heavy atom. The van der Waals surface area contributed by atoms with E-state index in [0.29, 0.717) is 29.9 Å². The number of ether oxygens (including phenoxy) is 2. The van der Waals surface area contributed by atoms with E-state index in [1.807, 2.05) is 0 Å². The van der Waals surface area contributed by atoms with Crippen molar-refractivity contribution in [1.29, 1.82) is 0 Å². The smallest absolute Gasteiger partial charge is 0.303 e. The van der Waals surface area contributed by atoms with Crippen LogP contribution in [0.1, 0.15) is 31.2 Å². The molecule has 0 bridgehead atoms. The van der Waals surface area contributed by atoms with E-state index >= 15 is 0 Å². The lowest BCUT2D eigenvalue weighted by Gasteiger charge is -2.10. The topological polar surface area (TPSA) is 55.8 Å². The maximum atomic E-state index is 13.8. The number of aliphatic carboxylic acids is 1. The summed E-state index contributed by atoms with van der Waals surface area (Å²) < 4.78 is 23.9. The summed E-state index contributed by atoms with van der Waals surface area (Å²) in [5.74, 6) is -0.243. The van der Waals surface area contributed by atoms with Crippen LogP contribution in [-0.2, 0) is 11.2 Å². The van der Waals surface area contributed by atoms with Gasteiger partial charge in [-0.3, -0.25) is 4.79 Å². The fraction of sp³-hybridized carbons (Fsp3) is 0.500. The van der Waals surface area contributed by atoms with Crippen molar-refractivity contribution in [2.45, 2.75) is 32.1 Å². The Kier molecular flexibility index (Phi) is 6.12. The first-order chi connectivity index (χ1) is 9.08. The van der Waals surface area contributed by atoms with Gasteiger partial charge in [0.15, 0.2) is 11.5 Å². The van der Waals surface area contributed by atoms with Crippen LogP contribution in [0.3, 0.4) is 0 Å². The Morgan fingerprint density at radius 1 is 1.16 bits per heavy atom. The maximum absolute atomic E-state index is 13.8. The number of aryl methyl sites for hydroxylation is 1. The molecule has 0 spiro atoms. The third-order valence-corrected chi connectivity index (χ3v) is 2.89. The molecule has 1 N–H and O–H groups in total. The van der Waals surface area contributed by atoms with Crippen LogP contribution in [0.15, 0.2) is 12.1 Å². The lowest BCUT2D eigenvalue weighted by atomic mass is 10.0. The van der Waals surface area contributed by atoms with Crippen LogP contribution in [0.2, 0.25) is 0 Å². The van der Waals surface area contributed by atoms with Crippen LogP contribution < -0.4 is 9.47 Å². The number of unbranched alkanes of at least 4 members (excludes halogenated alkanes) is 2. The van der Waals surface area contributed by atoms with Gasteiger partial charge < -0.3 is 14.6 Å². The molecule has 0 aliphatic carbocycles. The third-order valence-electron chi connectivity index (χ3n) is 2.89. The lowest BCUT2D eigenvalue weighted by molar-refractivity contribution is -0.137. The Morgan fingerprint density at radius 2 is 1.79 bits per heavy atom. The van der Waals surface area contributed by atoms with Crippen LogP contribution in [0.4, 0.5) is 4.39 Å². The molecule has 0 atom stereocenters. The summed E-state index contributed by atoms with van der Waals surface area (Å²) in [5, 5.41) is 8.51. The van der Waals surface area contributed by atoms with E-state index in [-0.39, 0.29) is 12.2 Å². The molecule has 4 nitrogen and oxygen atoms in total. The van der Waals surface area contributed by atoms with Gasteiger partial charge in [-0.25, -0.2) is 4.39 Å². The molecule has 0 heterocycles. The molecule has 0 saturated heterocycles. The lowest BCUT2D eigenvalue weighted by Crippen LogP contribution is -1.98. The molecule has 19 heavy (non-hydrogen) atoms. The predicted octanol–water partition coefficient (Wildman–Crippen LogP) is 3.03. The first-order valence-electron chi connectivity index (χ1n) is 6.20. The third kappa shape index (κ3) is 4.77. The molecule has 0 unspecified atom stereocenters. The van der Waals surface area contributed by atoms with Crippen molar-refractivity contribution < 1.29 is 23.8 Å².